The van der Waals surface area contributed by atoms with E-state index in [-0.39, 0.29) is 6.04 Å². The first-order valence-electron chi connectivity index (χ1n) is 11.9. The van der Waals surface area contributed by atoms with E-state index in [1.54, 1.807) is 0 Å². The lowest BCUT2D eigenvalue weighted by molar-refractivity contribution is -0.147. The Morgan fingerprint density at radius 1 is 0.879 bits per heavy atom. The fraction of sp³-hybridized carbons (Fsp3) is 0.640. The van der Waals surface area contributed by atoms with Gasteiger partial charge in [0, 0.05) is 20.8 Å². The normalized spacial score (nSPS) is 18.5. The van der Waals surface area contributed by atoms with Crippen molar-refractivity contribution in [2.24, 2.45) is 11.8 Å². The first-order valence-corrected chi connectivity index (χ1v) is 13.8. The molecule has 2 rings (SSSR count). The zero-order valence-electron chi connectivity index (χ0n) is 20.6. The smallest absolute Gasteiger partial charge is 0.494 e. The molecular weight excluding hydrogens is 440 g/mol. The van der Waals surface area contributed by atoms with E-state index in [0.717, 1.165) is 17.6 Å². The van der Waals surface area contributed by atoms with E-state index in [0.29, 0.717) is 18.9 Å². The highest BCUT2D eigenvalue weighted by atomic mass is 28.4. The number of carbonyl (C=O) groups excluding carboxylic acids is 3. The molecule has 1 aromatic rings. The Morgan fingerprint density at radius 2 is 1.39 bits per heavy atom. The average molecular weight is 479 g/mol. The second-order valence-corrected chi connectivity index (χ2v) is 11.8. The van der Waals surface area contributed by atoms with E-state index in [4.69, 9.17) is 18.0 Å². The predicted molar refractivity (Wildman–Crippen MR) is 127 cm³/mol. The van der Waals surface area contributed by atoms with Gasteiger partial charge in [0.05, 0.1) is 12.7 Å². The monoisotopic (exact) mass is 478 g/mol. The zero-order chi connectivity index (χ0) is 24.4. The van der Waals surface area contributed by atoms with Crippen LogP contribution in [0.25, 0.3) is 0 Å². The lowest BCUT2D eigenvalue weighted by Crippen LogP contribution is -2.49. The Hall–Kier alpha value is -2.35. The molecule has 1 saturated carbocycles. The molecule has 7 nitrogen and oxygen atoms in total. The molecule has 1 fully saturated rings. The first kappa shape index (κ1) is 26.9. The van der Waals surface area contributed by atoms with Gasteiger partial charge in [-0.05, 0) is 74.0 Å². The van der Waals surface area contributed by atoms with Crippen LogP contribution in [0, 0.1) is 11.8 Å². The van der Waals surface area contributed by atoms with Crippen LogP contribution in [0.2, 0.25) is 6.04 Å². The lowest BCUT2D eigenvalue weighted by atomic mass is 9.76. The molecule has 0 bridgehead atoms. The quantitative estimate of drug-likeness (QED) is 0.311. The van der Waals surface area contributed by atoms with Gasteiger partial charge >= 0.3 is 8.80 Å². The highest BCUT2D eigenvalue weighted by Gasteiger charge is 2.51. The Morgan fingerprint density at radius 3 is 1.85 bits per heavy atom. The third-order valence-corrected chi connectivity index (χ3v) is 8.56. The molecule has 0 heterocycles. The maximum absolute atomic E-state index is 11.5. The zero-order valence-corrected chi connectivity index (χ0v) is 21.6. The van der Waals surface area contributed by atoms with E-state index in [1.807, 2.05) is 12.1 Å². The summed E-state index contributed by atoms with van der Waals surface area (Å²) in [6, 6.07) is 8.33. The van der Waals surface area contributed by atoms with E-state index in [1.165, 1.54) is 58.4 Å². The summed E-state index contributed by atoms with van der Waals surface area (Å²) in [5.74, 6) is 0.993. The van der Waals surface area contributed by atoms with Crippen LogP contribution in [0.1, 0.15) is 84.6 Å². The van der Waals surface area contributed by atoms with Crippen molar-refractivity contribution in [3.63, 3.8) is 0 Å². The molecule has 0 amide bonds. The van der Waals surface area contributed by atoms with Crippen LogP contribution in [0.15, 0.2) is 24.3 Å². The van der Waals surface area contributed by atoms with Gasteiger partial charge in [0.15, 0.2) is 0 Å². The van der Waals surface area contributed by atoms with Gasteiger partial charge in [-0.1, -0.05) is 26.0 Å². The lowest BCUT2D eigenvalue weighted by Gasteiger charge is -2.29. The highest BCUT2D eigenvalue weighted by Crippen LogP contribution is 2.38. The second kappa shape index (κ2) is 12.8. The van der Waals surface area contributed by atoms with Gasteiger partial charge in [-0.2, -0.15) is 0 Å². The summed E-state index contributed by atoms with van der Waals surface area (Å²) in [6.45, 7) is 8.46. The van der Waals surface area contributed by atoms with Crippen LogP contribution in [0.3, 0.4) is 0 Å². The number of hydrogen-bond acceptors (Lipinski definition) is 7. The fourth-order valence-corrected chi connectivity index (χ4v) is 6.91. The van der Waals surface area contributed by atoms with Crippen LogP contribution < -0.4 is 4.74 Å². The molecule has 0 radical (unpaired) electrons. The Kier molecular flexibility index (Phi) is 10.4. The summed E-state index contributed by atoms with van der Waals surface area (Å²) in [5.41, 5.74) is 1.36. The van der Waals surface area contributed by atoms with Gasteiger partial charge in [0.25, 0.3) is 17.9 Å². The molecule has 0 aliphatic heterocycles. The molecule has 184 valence electrons. The van der Waals surface area contributed by atoms with Gasteiger partial charge in [-0.3, -0.25) is 14.4 Å². The number of carbonyl (C=O) groups is 3. The van der Waals surface area contributed by atoms with Gasteiger partial charge in [0.1, 0.15) is 5.75 Å². The van der Waals surface area contributed by atoms with E-state index in [9.17, 15) is 14.4 Å². The van der Waals surface area contributed by atoms with E-state index >= 15 is 0 Å². The first-order chi connectivity index (χ1) is 15.6. The van der Waals surface area contributed by atoms with E-state index in [2.05, 4.69) is 26.0 Å². The molecule has 1 aromatic carbocycles. The van der Waals surface area contributed by atoms with Gasteiger partial charge in [-0.15, -0.1) is 0 Å². The minimum absolute atomic E-state index is 0.101. The molecule has 8 heteroatoms. The van der Waals surface area contributed by atoms with Crippen LogP contribution >= 0.6 is 0 Å². The third kappa shape index (κ3) is 9.58. The molecule has 33 heavy (non-hydrogen) atoms. The molecule has 0 N–H and O–H groups in total. The summed E-state index contributed by atoms with van der Waals surface area (Å²) < 4.78 is 21.4. The molecule has 0 atom stereocenters. The summed E-state index contributed by atoms with van der Waals surface area (Å²) in [4.78, 5) is 34.5. The molecule has 1 aliphatic rings. The van der Waals surface area contributed by atoms with Gasteiger partial charge in [-0.25, -0.2) is 0 Å². The Bertz CT molecular complexity index is 742. The van der Waals surface area contributed by atoms with Crippen molar-refractivity contribution >= 4 is 26.7 Å². The van der Waals surface area contributed by atoms with Crippen molar-refractivity contribution in [3.8, 4) is 5.75 Å². The average Bonchev–Trinajstić information content (AvgIpc) is 2.70. The van der Waals surface area contributed by atoms with Crippen LogP contribution in [0.4, 0.5) is 0 Å². The summed E-state index contributed by atoms with van der Waals surface area (Å²) >= 11 is 0. The van der Waals surface area contributed by atoms with Crippen LogP contribution in [0.5, 0.6) is 5.75 Å². The Balaban J connectivity index is 1.86. The van der Waals surface area contributed by atoms with Crippen molar-refractivity contribution in [2.75, 3.05) is 6.61 Å². The molecule has 1 aliphatic carbocycles. The van der Waals surface area contributed by atoms with Gasteiger partial charge < -0.3 is 18.0 Å². The van der Waals surface area contributed by atoms with Crippen molar-refractivity contribution in [1.82, 2.24) is 0 Å². The maximum atomic E-state index is 11.5. The Labute approximate surface area is 198 Å². The van der Waals surface area contributed by atoms with Crippen molar-refractivity contribution in [1.29, 1.82) is 0 Å². The molecular formula is C25H38O7Si. The summed E-state index contributed by atoms with van der Waals surface area (Å²) in [7, 11) is -3.80. The highest BCUT2D eigenvalue weighted by molar-refractivity contribution is 6.65. The number of benzene rings is 1. The number of ether oxygens (including phenoxy) is 1. The molecule has 0 saturated heterocycles. The minimum atomic E-state index is -3.80. The van der Waals surface area contributed by atoms with Crippen molar-refractivity contribution < 1.29 is 32.4 Å². The minimum Gasteiger partial charge on any atom is -0.494 e. The molecule has 0 aromatic heterocycles. The van der Waals surface area contributed by atoms with Crippen molar-refractivity contribution in [2.45, 2.75) is 85.1 Å². The standard InChI is InChI=1S/C25H38O7Si/c1-18(2)17-22-7-9-23(10-8-22)24-11-13-25(14-12-24)29-15-6-16-33(30-19(3)26,31-20(4)27)32-21(5)28/h11-14,18,22-23H,6-10,15-17H2,1-5H3/t22-,23-. The van der Waals surface area contributed by atoms with Crippen molar-refractivity contribution in [3.05, 3.63) is 29.8 Å². The number of rotatable bonds is 11. The topological polar surface area (TPSA) is 88.1 Å². The molecule has 0 spiro atoms. The molecule has 0 unspecified atom stereocenters. The van der Waals surface area contributed by atoms with Gasteiger partial charge in [0.2, 0.25) is 0 Å². The van der Waals surface area contributed by atoms with Crippen LogP contribution in [-0.4, -0.2) is 33.3 Å². The number of hydrogen-bond donors (Lipinski definition) is 0. The fourth-order valence-electron chi connectivity index (χ4n) is 4.59. The SMILES string of the molecule is CC(=O)O[Si](CCCOc1ccc([C@H]2CC[C@H](CC(C)C)CC2)cc1)(OC(C)=O)OC(C)=O. The van der Waals surface area contributed by atoms with Crippen LogP contribution in [-0.2, 0) is 27.7 Å². The second-order valence-electron chi connectivity index (χ2n) is 9.33. The largest absolute Gasteiger partial charge is 0.705 e. The third-order valence-electron chi connectivity index (χ3n) is 5.80. The maximum Gasteiger partial charge on any atom is 0.705 e. The predicted octanol–water partition coefficient (Wildman–Crippen LogP) is 5.40. The summed E-state index contributed by atoms with van der Waals surface area (Å²) in [5, 5.41) is 0. The van der Waals surface area contributed by atoms with E-state index < -0.39 is 26.7 Å². The summed E-state index contributed by atoms with van der Waals surface area (Å²) in [6.07, 6.45) is 6.82.